The summed E-state index contributed by atoms with van der Waals surface area (Å²) in [5.74, 6) is 0.588. The quantitative estimate of drug-likeness (QED) is 0.608. The summed E-state index contributed by atoms with van der Waals surface area (Å²) in [4.78, 5) is 0. The van der Waals surface area contributed by atoms with E-state index in [-0.39, 0.29) is 5.75 Å². The monoisotopic (exact) mass is 207 g/mol. The molecule has 0 aliphatic carbocycles. The molecule has 0 bridgehead atoms. The zero-order valence-electron chi connectivity index (χ0n) is 8.67. The van der Waals surface area contributed by atoms with E-state index >= 15 is 0 Å². The molecule has 0 aliphatic rings. The standard InChI is InChI=1S/C9H21NO2S/c1-3-5-7-10-8-6-9-13(11,12)4-2/h10H,3-9H2,1-2H3. The Morgan fingerprint density at radius 1 is 1.08 bits per heavy atom. The second-order valence-electron chi connectivity index (χ2n) is 3.19. The van der Waals surface area contributed by atoms with Gasteiger partial charge in [0.2, 0.25) is 0 Å². The second kappa shape index (κ2) is 7.33. The van der Waals surface area contributed by atoms with Crippen LogP contribution in [0.3, 0.4) is 0 Å². The molecule has 0 amide bonds. The van der Waals surface area contributed by atoms with Crippen LogP contribution in [0.2, 0.25) is 0 Å². The van der Waals surface area contributed by atoms with Gasteiger partial charge in [-0.05, 0) is 25.9 Å². The molecule has 0 fully saturated rings. The Hall–Kier alpha value is -0.0900. The highest BCUT2D eigenvalue weighted by molar-refractivity contribution is 7.91. The van der Waals surface area contributed by atoms with Crippen molar-refractivity contribution in [3.8, 4) is 0 Å². The van der Waals surface area contributed by atoms with Crippen LogP contribution in [-0.4, -0.2) is 33.0 Å². The van der Waals surface area contributed by atoms with Crippen molar-refractivity contribution in [2.45, 2.75) is 33.1 Å². The molecule has 1 N–H and O–H groups in total. The van der Waals surface area contributed by atoms with Gasteiger partial charge >= 0.3 is 0 Å². The van der Waals surface area contributed by atoms with E-state index in [1.54, 1.807) is 6.92 Å². The van der Waals surface area contributed by atoms with Crippen LogP contribution < -0.4 is 5.32 Å². The van der Waals surface area contributed by atoms with Crippen LogP contribution in [0.15, 0.2) is 0 Å². The zero-order chi connectivity index (χ0) is 10.2. The van der Waals surface area contributed by atoms with Crippen molar-refractivity contribution in [2.75, 3.05) is 24.6 Å². The van der Waals surface area contributed by atoms with Crippen molar-refractivity contribution >= 4 is 9.84 Å². The molecule has 0 aromatic carbocycles. The van der Waals surface area contributed by atoms with E-state index in [2.05, 4.69) is 12.2 Å². The van der Waals surface area contributed by atoms with E-state index in [9.17, 15) is 8.42 Å². The number of sulfone groups is 1. The van der Waals surface area contributed by atoms with Crippen molar-refractivity contribution in [1.29, 1.82) is 0 Å². The van der Waals surface area contributed by atoms with Crippen molar-refractivity contribution in [3.63, 3.8) is 0 Å². The molecular formula is C9H21NO2S. The van der Waals surface area contributed by atoms with Crippen LogP contribution in [0.25, 0.3) is 0 Å². The van der Waals surface area contributed by atoms with Crippen LogP contribution in [0, 0.1) is 0 Å². The summed E-state index contributed by atoms with van der Waals surface area (Å²) >= 11 is 0. The predicted octanol–water partition coefficient (Wildman–Crippen LogP) is 1.20. The van der Waals surface area contributed by atoms with Gasteiger partial charge in [-0.1, -0.05) is 20.3 Å². The van der Waals surface area contributed by atoms with Gasteiger partial charge in [0.15, 0.2) is 0 Å². The van der Waals surface area contributed by atoms with Gasteiger partial charge in [0, 0.05) is 5.75 Å². The molecule has 0 saturated carbocycles. The fourth-order valence-corrected chi connectivity index (χ4v) is 1.86. The first-order valence-corrected chi connectivity index (χ1v) is 6.85. The molecule has 0 aliphatic heterocycles. The average molecular weight is 207 g/mol. The highest BCUT2D eigenvalue weighted by atomic mass is 32.2. The Labute approximate surface area is 81.8 Å². The van der Waals surface area contributed by atoms with Gasteiger partial charge < -0.3 is 5.32 Å². The maximum absolute atomic E-state index is 11.1. The maximum Gasteiger partial charge on any atom is 0.150 e. The van der Waals surface area contributed by atoms with Gasteiger partial charge in [-0.15, -0.1) is 0 Å². The summed E-state index contributed by atoms with van der Waals surface area (Å²) in [6.07, 6.45) is 3.08. The lowest BCUT2D eigenvalue weighted by Gasteiger charge is -2.03. The lowest BCUT2D eigenvalue weighted by Crippen LogP contribution is -2.20. The maximum atomic E-state index is 11.1. The molecule has 3 nitrogen and oxygen atoms in total. The van der Waals surface area contributed by atoms with Gasteiger partial charge in [-0.3, -0.25) is 0 Å². The number of unbranched alkanes of at least 4 members (excludes halogenated alkanes) is 1. The highest BCUT2D eigenvalue weighted by Crippen LogP contribution is 1.92. The average Bonchev–Trinajstić information content (AvgIpc) is 2.11. The molecule has 0 aromatic heterocycles. The first-order valence-electron chi connectivity index (χ1n) is 5.03. The molecule has 0 heterocycles. The summed E-state index contributed by atoms with van der Waals surface area (Å²) < 4.78 is 22.1. The fraction of sp³-hybridized carbons (Fsp3) is 1.00. The fourth-order valence-electron chi connectivity index (χ4n) is 0.988. The van der Waals surface area contributed by atoms with Gasteiger partial charge in [-0.2, -0.15) is 0 Å². The first-order chi connectivity index (χ1) is 6.12. The Balaban J connectivity index is 3.26. The lowest BCUT2D eigenvalue weighted by atomic mass is 10.3. The minimum absolute atomic E-state index is 0.266. The molecule has 0 radical (unpaired) electrons. The smallest absolute Gasteiger partial charge is 0.150 e. The normalized spacial score (nSPS) is 11.8. The molecule has 0 saturated heterocycles. The van der Waals surface area contributed by atoms with E-state index in [0.717, 1.165) is 19.5 Å². The van der Waals surface area contributed by atoms with Gasteiger partial charge in [-0.25, -0.2) is 8.42 Å². The summed E-state index contributed by atoms with van der Waals surface area (Å²) in [5.41, 5.74) is 0. The third kappa shape index (κ3) is 8.25. The van der Waals surface area contributed by atoms with Crippen LogP contribution in [0.4, 0.5) is 0 Å². The van der Waals surface area contributed by atoms with Crippen molar-refractivity contribution < 1.29 is 8.42 Å². The van der Waals surface area contributed by atoms with E-state index in [0.29, 0.717) is 5.75 Å². The van der Waals surface area contributed by atoms with E-state index in [4.69, 9.17) is 0 Å². The zero-order valence-corrected chi connectivity index (χ0v) is 9.49. The molecule has 13 heavy (non-hydrogen) atoms. The molecule has 0 atom stereocenters. The van der Waals surface area contributed by atoms with Crippen molar-refractivity contribution in [2.24, 2.45) is 0 Å². The van der Waals surface area contributed by atoms with Gasteiger partial charge in [0.25, 0.3) is 0 Å². The van der Waals surface area contributed by atoms with Crippen LogP contribution in [0.5, 0.6) is 0 Å². The Morgan fingerprint density at radius 3 is 2.23 bits per heavy atom. The molecular weight excluding hydrogens is 186 g/mol. The summed E-state index contributed by atoms with van der Waals surface area (Å²) in [6, 6.07) is 0. The van der Waals surface area contributed by atoms with Gasteiger partial charge in [0.05, 0.1) is 5.75 Å². The largest absolute Gasteiger partial charge is 0.317 e. The Bertz CT molecular complexity index is 200. The highest BCUT2D eigenvalue weighted by Gasteiger charge is 2.05. The van der Waals surface area contributed by atoms with Gasteiger partial charge in [0.1, 0.15) is 9.84 Å². The summed E-state index contributed by atoms with van der Waals surface area (Å²) in [5, 5.41) is 3.22. The van der Waals surface area contributed by atoms with E-state index < -0.39 is 9.84 Å². The van der Waals surface area contributed by atoms with Crippen LogP contribution in [0.1, 0.15) is 33.1 Å². The van der Waals surface area contributed by atoms with Crippen molar-refractivity contribution in [3.05, 3.63) is 0 Å². The predicted molar refractivity (Wildman–Crippen MR) is 56.7 cm³/mol. The molecule has 4 heteroatoms. The minimum Gasteiger partial charge on any atom is -0.317 e. The lowest BCUT2D eigenvalue weighted by molar-refractivity contribution is 0.587. The number of rotatable bonds is 8. The number of hydrogen-bond donors (Lipinski definition) is 1. The number of hydrogen-bond acceptors (Lipinski definition) is 3. The molecule has 0 spiro atoms. The topological polar surface area (TPSA) is 46.2 Å². The third-order valence-electron chi connectivity index (χ3n) is 1.96. The molecule has 0 aromatic rings. The molecule has 80 valence electrons. The summed E-state index contributed by atoms with van der Waals surface area (Å²) in [7, 11) is -2.75. The van der Waals surface area contributed by atoms with E-state index in [1.807, 2.05) is 0 Å². The number of nitrogens with one attached hydrogen (secondary N) is 1. The van der Waals surface area contributed by atoms with Crippen LogP contribution in [-0.2, 0) is 9.84 Å². The third-order valence-corrected chi connectivity index (χ3v) is 3.75. The Kier molecular flexibility index (Phi) is 7.28. The van der Waals surface area contributed by atoms with Crippen LogP contribution >= 0.6 is 0 Å². The minimum atomic E-state index is -2.75. The second-order valence-corrected chi connectivity index (χ2v) is 5.67. The first kappa shape index (κ1) is 12.9. The van der Waals surface area contributed by atoms with E-state index in [1.165, 1.54) is 12.8 Å². The molecule has 0 rings (SSSR count). The van der Waals surface area contributed by atoms with Crippen molar-refractivity contribution in [1.82, 2.24) is 5.32 Å². The SMILES string of the molecule is CCCCNCCCS(=O)(=O)CC. The molecule has 0 unspecified atom stereocenters. The summed E-state index contributed by atoms with van der Waals surface area (Å²) in [6.45, 7) is 5.66. The Morgan fingerprint density at radius 2 is 1.69 bits per heavy atom.